The van der Waals surface area contributed by atoms with Gasteiger partial charge in [0.25, 0.3) is 10.0 Å². The van der Waals surface area contributed by atoms with E-state index in [9.17, 15) is 18.0 Å². The number of hydrogen-bond donors (Lipinski definition) is 1. The third-order valence-electron chi connectivity index (χ3n) is 6.08. The van der Waals surface area contributed by atoms with Gasteiger partial charge in [0.2, 0.25) is 11.8 Å². The molecule has 0 spiro atoms. The number of amides is 2. The fraction of sp³-hybridized carbons (Fsp3) is 0.333. The lowest BCUT2D eigenvalue weighted by atomic mass is 9.85. The van der Waals surface area contributed by atoms with Gasteiger partial charge in [-0.3, -0.25) is 19.2 Å². The Balaban J connectivity index is 1.39. The maximum Gasteiger partial charge on any atom is 0.263 e. The topological polar surface area (TPSA) is 109 Å². The molecule has 1 N–H and O–H groups in total. The minimum Gasteiger partial charge on any atom is -0.274 e. The summed E-state index contributed by atoms with van der Waals surface area (Å²) in [4.78, 5) is 35.2. The third kappa shape index (κ3) is 2.84. The maximum atomic E-state index is 12.9. The maximum absolute atomic E-state index is 12.9. The zero-order valence-corrected chi connectivity index (χ0v) is 17.3. The molecule has 30 heavy (non-hydrogen) atoms. The first kappa shape index (κ1) is 18.9. The second kappa shape index (κ2) is 6.46. The normalized spacial score (nSPS) is 27.1. The number of imide groups is 1. The van der Waals surface area contributed by atoms with Gasteiger partial charge >= 0.3 is 0 Å². The molecule has 8 nitrogen and oxygen atoms in total. The summed E-state index contributed by atoms with van der Waals surface area (Å²) in [6.07, 6.45) is 4.95. The highest BCUT2D eigenvalue weighted by atomic mass is 32.2. The number of aromatic nitrogens is 2. The third-order valence-corrected chi connectivity index (χ3v) is 7.45. The van der Waals surface area contributed by atoms with Crippen molar-refractivity contribution in [3.63, 3.8) is 0 Å². The lowest BCUT2D eigenvalue weighted by Crippen LogP contribution is -2.32. The summed E-state index contributed by atoms with van der Waals surface area (Å²) < 4.78 is 27.9. The predicted molar refractivity (Wildman–Crippen MR) is 109 cm³/mol. The molecule has 2 aromatic rings. The van der Waals surface area contributed by atoms with Gasteiger partial charge in [0.05, 0.1) is 22.4 Å². The van der Waals surface area contributed by atoms with Crippen molar-refractivity contribution in [2.24, 2.45) is 23.7 Å². The Kier molecular flexibility index (Phi) is 4.08. The summed E-state index contributed by atoms with van der Waals surface area (Å²) in [6, 6.07) is 7.32. The molecule has 2 fully saturated rings. The standard InChI is InChI=1S/C21H20N4O4S/c1-11-9-17(23-12(2)22-11)24-30(28,29)16-7-5-15(6-8-16)25-20(26)18-13-3-4-14(10-13)19(18)21(25)27/h3-9,13-14,18-19H,10H2,1-2H3,(H,22,23,24)/t13-,14-,18-,19-/m0/s1. The zero-order valence-electron chi connectivity index (χ0n) is 16.4. The van der Waals surface area contributed by atoms with Crippen LogP contribution in [0.4, 0.5) is 11.5 Å². The Labute approximate surface area is 174 Å². The summed E-state index contributed by atoms with van der Waals surface area (Å²) in [7, 11) is -3.88. The first-order valence-corrected chi connectivity index (χ1v) is 11.2. The minimum atomic E-state index is -3.88. The number of benzene rings is 1. The van der Waals surface area contributed by atoms with Crippen LogP contribution in [0, 0.1) is 37.5 Å². The number of aryl methyl sites for hydroxylation is 2. The molecule has 154 valence electrons. The second-order valence-electron chi connectivity index (χ2n) is 8.05. The number of hydrogen-bond acceptors (Lipinski definition) is 6. The lowest BCUT2D eigenvalue weighted by molar-refractivity contribution is -0.123. The molecular formula is C21H20N4O4S. The molecule has 2 bridgehead atoms. The number of nitrogens with zero attached hydrogens (tertiary/aromatic N) is 3. The molecule has 0 unspecified atom stereocenters. The van der Waals surface area contributed by atoms with E-state index in [-0.39, 0.29) is 46.2 Å². The van der Waals surface area contributed by atoms with Crippen molar-refractivity contribution in [2.75, 3.05) is 9.62 Å². The van der Waals surface area contributed by atoms with E-state index >= 15 is 0 Å². The van der Waals surface area contributed by atoms with Gasteiger partial charge in [-0.1, -0.05) is 12.2 Å². The smallest absolute Gasteiger partial charge is 0.263 e. The van der Waals surface area contributed by atoms with Gasteiger partial charge in [-0.25, -0.2) is 18.4 Å². The first-order chi connectivity index (χ1) is 14.2. The van der Waals surface area contributed by atoms with Crippen LogP contribution in [0.3, 0.4) is 0 Å². The number of sulfonamides is 1. The molecule has 1 aromatic carbocycles. The van der Waals surface area contributed by atoms with Crippen LogP contribution in [-0.2, 0) is 19.6 Å². The number of anilines is 2. The van der Waals surface area contributed by atoms with Crippen molar-refractivity contribution >= 4 is 33.3 Å². The summed E-state index contributed by atoms with van der Waals surface area (Å²) in [6.45, 7) is 3.43. The van der Waals surface area contributed by atoms with Gasteiger partial charge in [-0.15, -0.1) is 0 Å². The van der Waals surface area contributed by atoms with Crippen LogP contribution in [0.25, 0.3) is 0 Å². The molecule has 1 aliphatic heterocycles. The summed E-state index contributed by atoms with van der Waals surface area (Å²) >= 11 is 0. The molecule has 3 aliphatic rings. The molecule has 1 aromatic heterocycles. The number of carbonyl (C=O) groups is 2. The van der Waals surface area contributed by atoms with Crippen LogP contribution in [0.15, 0.2) is 47.4 Å². The fourth-order valence-electron chi connectivity index (χ4n) is 4.90. The van der Waals surface area contributed by atoms with Crippen LogP contribution < -0.4 is 9.62 Å². The molecule has 2 heterocycles. The Morgan fingerprint density at radius 2 is 1.57 bits per heavy atom. The fourth-order valence-corrected chi connectivity index (χ4v) is 5.89. The molecule has 4 atom stereocenters. The van der Waals surface area contributed by atoms with E-state index < -0.39 is 10.0 Å². The average Bonchev–Trinajstić information content (AvgIpc) is 3.34. The molecule has 2 amide bonds. The van der Waals surface area contributed by atoms with Gasteiger partial charge in [0.1, 0.15) is 11.6 Å². The SMILES string of the molecule is Cc1cc(NS(=O)(=O)c2ccc(N3C(=O)[C@@H]4[C@@H](C3=O)[C@H]3C=C[C@H]4C3)cc2)nc(C)n1. The van der Waals surface area contributed by atoms with Gasteiger partial charge in [-0.05, 0) is 56.4 Å². The van der Waals surface area contributed by atoms with Crippen LogP contribution in [0.2, 0.25) is 0 Å². The van der Waals surface area contributed by atoms with Crippen LogP contribution in [0.5, 0.6) is 0 Å². The number of allylic oxidation sites excluding steroid dienone is 2. The van der Waals surface area contributed by atoms with Crippen LogP contribution >= 0.6 is 0 Å². The van der Waals surface area contributed by atoms with E-state index in [0.29, 0.717) is 17.2 Å². The lowest BCUT2D eigenvalue weighted by Gasteiger charge is -2.17. The molecule has 1 saturated carbocycles. The second-order valence-corrected chi connectivity index (χ2v) is 9.74. The van der Waals surface area contributed by atoms with E-state index in [1.807, 2.05) is 12.2 Å². The summed E-state index contributed by atoms with van der Waals surface area (Å²) in [5, 5.41) is 0. The van der Waals surface area contributed by atoms with E-state index in [2.05, 4.69) is 14.7 Å². The van der Waals surface area contributed by atoms with Crippen molar-refractivity contribution in [1.82, 2.24) is 9.97 Å². The van der Waals surface area contributed by atoms with E-state index in [1.54, 1.807) is 19.9 Å². The number of rotatable bonds is 4. The number of fused-ring (bicyclic) bond motifs is 5. The molecule has 0 radical (unpaired) electrons. The predicted octanol–water partition coefficient (Wildman–Crippen LogP) is 2.21. The first-order valence-electron chi connectivity index (χ1n) is 9.76. The van der Waals surface area contributed by atoms with Crippen LogP contribution in [-0.4, -0.2) is 30.2 Å². The van der Waals surface area contributed by atoms with Gasteiger partial charge in [0, 0.05) is 11.8 Å². The van der Waals surface area contributed by atoms with Crippen LogP contribution in [0.1, 0.15) is 17.9 Å². The number of carbonyl (C=O) groups excluding carboxylic acids is 2. The van der Waals surface area contributed by atoms with Crippen molar-refractivity contribution in [3.05, 3.63) is 54.0 Å². The molecule has 2 aliphatic carbocycles. The average molecular weight is 424 g/mol. The highest BCUT2D eigenvalue weighted by molar-refractivity contribution is 7.92. The highest BCUT2D eigenvalue weighted by Crippen LogP contribution is 2.53. The largest absolute Gasteiger partial charge is 0.274 e. The van der Waals surface area contributed by atoms with Crippen molar-refractivity contribution < 1.29 is 18.0 Å². The Bertz CT molecular complexity index is 1160. The monoisotopic (exact) mass is 424 g/mol. The quantitative estimate of drug-likeness (QED) is 0.595. The van der Waals surface area contributed by atoms with Crippen molar-refractivity contribution in [2.45, 2.75) is 25.2 Å². The minimum absolute atomic E-state index is 0.0150. The highest BCUT2D eigenvalue weighted by Gasteiger charge is 2.59. The van der Waals surface area contributed by atoms with Gasteiger partial charge < -0.3 is 0 Å². The molecule has 9 heteroatoms. The summed E-state index contributed by atoms with van der Waals surface area (Å²) in [5.74, 6) is -0.0586. The summed E-state index contributed by atoms with van der Waals surface area (Å²) in [5.41, 5.74) is 1.04. The van der Waals surface area contributed by atoms with Gasteiger partial charge in [0.15, 0.2) is 0 Å². The Morgan fingerprint density at radius 3 is 2.13 bits per heavy atom. The van der Waals surface area contributed by atoms with Crippen molar-refractivity contribution in [1.29, 1.82) is 0 Å². The van der Waals surface area contributed by atoms with E-state index in [1.165, 1.54) is 29.2 Å². The Morgan fingerprint density at radius 1 is 0.967 bits per heavy atom. The zero-order chi connectivity index (χ0) is 21.2. The van der Waals surface area contributed by atoms with E-state index in [0.717, 1.165) is 6.42 Å². The Hall–Kier alpha value is -3.07. The van der Waals surface area contributed by atoms with E-state index in [4.69, 9.17) is 0 Å². The molecule has 1 saturated heterocycles. The number of nitrogens with one attached hydrogen (secondary N) is 1. The van der Waals surface area contributed by atoms with Crippen molar-refractivity contribution in [3.8, 4) is 0 Å². The molecule has 5 rings (SSSR count). The van der Waals surface area contributed by atoms with Gasteiger partial charge in [-0.2, -0.15) is 0 Å². The molecular weight excluding hydrogens is 404 g/mol.